The van der Waals surface area contributed by atoms with E-state index in [0.717, 1.165) is 11.1 Å². The molecule has 1 saturated heterocycles. The predicted molar refractivity (Wildman–Crippen MR) is 83.3 cm³/mol. The first-order chi connectivity index (χ1) is 10.7. The number of fused-ring (bicyclic) bond motifs is 1. The second-order valence-corrected chi connectivity index (χ2v) is 5.12. The van der Waals surface area contributed by atoms with Crippen LogP contribution in [0, 0.1) is 0 Å². The molecule has 0 saturated carbocycles. The standard InChI is InChI=1S/C16H18N2O4/c1-2-21-16(20)18-9-7-17(8-10-18)13-11-15(19)22-14-6-4-3-5-12(13)14/h3-6,11H,2,7-10H2,1H3. The molecule has 0 bridgehead atoms. The van der Waals surface area contributed by atoms with E-state index in [9.17, 15) is 9.59 Å². The molecule has 1 amide bonds. The van der Waals surface area contributed by atoms with Crippen molar-refractivity contribution in [1.82, 2.24) is 4.90 Å². The zero-order valence-electron chi connectivity index (χ0n) is 12.4. The van der Waals surface area contributed by atoms with Gasteiger partial charge in [0.1, 0.15) is 5.58 Å². The molecule has 0 N–H and O–H groups in total. The number of carbonyl (C=O) groups excluding carboxylic acids is 1. The van der Waals surface area contributed by atoms with Crippen molar-refractivity contribution in [2.45, 2.75) is 6.92 Å². The van der Waals surface area contributed by atoms with Crippen LogP contribution in [0.1, 0.15) is 6.92 Å². The highest BCUT2D eigenvalue weighted by Crippen LogP contribution is 2.25. The quantitative estimate of drug-likeness (QED) is 0.795. The van der Waals surface area contributed by atoms with E-state index in [2.05, 4.69) is 4.90 Å². The van der Waals surface area contributed by atoms with Crippen LogP contribution in [0.4, 0.5) is 10.5 Å². The number of para-hydroxylation sites is 1. The normalized spacial score (nSPS) is 15.1. The Morgan fingerprint density at radius 3 is 2.68 bits per heavy atom. The minimum Gasteiger partial charge on any atom is -0.450 e. The maximum absolute atomic E-state index is 11.7. The molecule has 1 aliphatic heterocycles. The number of benzene rings is 1. The molecule has 2 aromatic rings. The van der Waals surface area contributed by atoms with E-state index in [1.807, 2.05) is 18.2 Å². The third kappa shape index (κ3) is 2.77. The summed E-state index contributed by atoms with van der Waals surface area (Å²) in [4.78, 5) is 27.2. The first-order valence-electron chi connectivity index (χ1n) is 7.38. The van der Waals surface area contributed by atoms with Crippen molar-refractivity contribution >= 4 is 22.7 Å². The summed E-state index contributed by atoms with van der Waals surface area (Å²) in [6, 6.07) is 9.00. The summed E-state index contributed by atoms with van der Waals surface area (Å²) in [6.07, 6.45) is -0.278. The Morgan fingerprint density at radius 2 is 1.95 bits per heavy atom. The molecule has 1 aromatic heterocycles. The van der Waals surface area contributed by atoms with Crippen LogP contribution in [0.2, 0.25) is 0 Å². The van der Waals surface area contributed by atoms with Crippen LogP contribution in [0.25, 0.3) is 11.0 Å². The second kappa shape index (κ2) is 6.09. The highest BCUT2D eigenvalue weighted by Gasteiger charge is 2.23. The molecule has 116 valence electrons. The molecule has 3 rings (SSSR count). The van der Waals surface area contributed by atoms with Gasteiger partial charge in [-0.1, -0.05) is 12.1 Å². The molecule has 0 spiro atoms. The molecular weight excluding hydrogens is 284 g/mol. The molecule has 0 radical (unpaired) electrons. The average molecular weight is 302 g/mol. The van der Waals surface area contributed by atoms with Crippen LogP contribution < -0.4 is 10.5 Å². The molecule has 22 heavy (non-hydrogen) atoms. The van der Waals surface area contributed by atoms with Crippen molar-refractivity contribution in [2.75, 3.05) is 37.7 Å². The summed E-state index contributed by atoms with van der Waals surface area (Å²) in [5.41, 5.74) is 1.08. The molecule has 1 fully saturated rings. The van der Waals surface area contributed by atoms with Gasteiger partial charge in [0.2, 0.25) is 0 Å². The number of rotatable bonds is 2. The Kier molecular flexibility index (Phi) is 4.00. The predicted octanol–water partition coefficient (Wildman–Crippen LogP) is 2.07. The van der Waals surface area contributed by atoms with Crippen molar-refractivity contribution in [3.8, 4) is 0 Å². The minimum atomic E-state index is -0.360. The number of ether oxygens (including phenoxy) is 1. The van der Waals surface area contributed by atoms with E-state index >= 15 is 0 Å². The topological polar surface area (TPSA) is 63.0 Å². The van der Waals surface area contributed by atoms with Gasteiger partial charge in [0.05, 0.1) is 12.3 Å². The maximum atomic E-state index is 11.7. The third-order valence-electron chi connectivity index (χ3n) is 3.77. The van der Waals surface area contributed by atoms with Crippen molar-refractivity contribution in [3.63, 3.8) is 0 Å². The summed E-state index contributed by atoms with van der Waals surface area (Å²) in [5.74, 6) is 0. The first-order valence-corrected chi connectivity index (χ1v) is 7.38. The SMILES string of the molecule is CCOC(=O)N1CCN(c2cc(=O)oc3ccccc23)CC1. The summed E-state index contributed by atoms with van der Waals surface area (Å²) in [5, 5.41) is 0.909. The molecule has 6 heteroatoms. The molecule has 0 aliphatic carbocycles. The van der Waals surface area contributed by atoms with Gasteiger partial charge in [0, 0.05) is 37.6 Å². The molecule has 1 aromatic carbocycles. The number of piperazine rings is 1. The van der Waals surface area contributed by atoms with Gasteiger partial charge in [0.25, 0.3) is 0 Å². The van der Waals surface area contributed by atoms with Crippen molar-refractivity contribution in [3.05, 3.63) is 40.8 Å². The summed E-state index contributed by atoms with van der Waals surface area (Å²) in [6.45, 7) is 4.65. The van der Waals surface area contributed by atoms with Gasteiger partial charge in [-0.05, 0) is 19.1 Å². The lowest BCUT2D eigenvalue weighted by Crippen LogP contribution is -2.49. The number of carbonyl (C=O) groups is 1. The second-order valence-electron chi connectivity index (χ2n) is 5.12. The highest BCUT2D eigenvalue weighted by molar-refractivity contribution is 5.90. The van der Waals surface area contributed by atoms with E-state index in [0.29, 0.717) is 38.4 Å². The fraction of sp³-hybridized carbons (Fsp3) is 0.375. The summed E-state index contributed by atoms with van der Waals surface area (Å²) >= 11 is 0. The molecule has 0 unspecified atom stereocenters. The fourth-order valence-corrected chi connectivity index (χ4v) is 2.70. The summed E-state index contributed by atoms with van der Waals surface area (Å²) in [7, 11) is 0. The molecular formula is C16H18N2O4. The fourth-order valence-electron chi connectivity index (χ4n) is 2.70. The highest BCUT2D eigenvalue weighted by atomic mass is 16.6. The zero-order valence-corrected chi connectivity index (χ0v) is 12.4. The number of anilines is 1. The van der Waals surface area contributed by atoms with Gasteiger partial charge in [-0.2, -0.15) is 0 Å². The van der Waals surface area contributed by atoms with E-state index in [1.165, 1.54) is 6.07 Å². The van der Waals surface area contributed by atoms with Crippen LogP contribution in [0.15, 0.2) is 39.5 Å². The molecule has 6 nitrogen and oxygen atoms in total. The summed E-state index contributed by atoms with van der Waals surface area (Å²) < 4.78 is 10.2. The monoisotopic (exact) mass is 302 g/mol. The average Bonchev–Trinajstić information content (AvgIpc) is 2.54. The van der Waals surface area contributed by atoms with Gasteiger partial charge < -0.3 is 19.0 Å². The van der Waals surface area contributed by atoms with Gasteiger partial charge in [-0.25, -0.2) is 9.59 Å². The minimum absolute atomic E-state index is 0.278. The molecule has 0 atom stereocenters. The van der Waals surface area contributed by atoms with Gasteiger partial charge in [0.15, 0.2) is 0 Å². The van der Waals surface area contributed by atoms with Crippen LogP contribution in [-0.4, -0.2) is 43.8 Å². The van der Waals surface area contributed by atoms with Crippen molar-refractivity contribution in [1.29, 1.82) is 0 Å². The molecule has 1 aliphatic rings. The maximum Gasteiger partial charge on any atom is 0.409 e. The lowest BCUT2D eigenvalue weighted by Gasteiger charge is -2.35. The zero-order chi connectivity index (χ0) is 15.5. The lowest BCUT2D eigenvalue weighted by molar-refractivity contribution is 0.105. The lowest BCUT2D eigenvalue weighted by atomic mass is 10.1. The Balaban J connectivity index is 1.82. The Bertz CT molecular complexity index is 732. The van der Waals surface area contributed by atoms with Crippen LogP contribution >= 0.6 is 0 Å². The number of hydrogen-bond donors (Lipinski definition) is 0. The largest absolute Gasteiger partial charge is 0.450 e. The van der Waals surface area contributed by atoms with E-state index < -0.39 is 0 Å². The van der Waals surface area contributed by atoms with E-state index in [-0.39, 0.29) is 11.7 Å². The number of hydrogen-bond acceptors (Lipinski definition) is 5. The third-order valence-corrected chi connectivity index (χ3v) is 3.77. The van der Waals surface area contributed by atoms with E-state index in [4.69, 9.17) is 9.15 Å². The molecule has 2 heterocycles. The van der Waals surface area contributed by atoms with Gasteiger partial charge in [-0.15, -0.1) is 0 Å². The van der Waals surface area contributed by atoms with Crippen molar-refractivity contribution < 1.29 is 13.9 Å². The van der Waals surface area contributed by atoms with Crippen molar-refractivity contribution in [2.24, 2.45) is 0 Å². The van der Waals surface area contributed by atoms with Crippen LogP contribution in [0.5, 0.6) is 0 Å². The first kappa shape index (κ1) is 14.4. The van der Waals surface area contributed by atoms with Gasteiger partial charge in [-0.3, -0.25) is 0 Å². The smallest absolute Gasteiger partial charge is 0.409 e. The number of amides is 1. The van der Waals surface area contributed by atoms with Crippen LogP contribution in [-0.2, 0) is 4.74 Å². The van der Waals surface area contributed by atoms with Crippen LogP contribution in [0.3, 0.4) is 0 Å². The number of nitrogens with zero attached hydrogens (tertiary/aromatic N) is 2. The Labute approximate surface area is 127 Å². The Hall–Kier alpha value is -2.50. The Morgan fingerprint density at radius 1 is 1.23 bits per heavy atom. The van der Waals surface area contributed by atoms with E-state index in [1.54, 1.807) is 17.9 Å². The van der Waals surface area contributed by atoms with Gasteiger partial charge >= 0.3 is 11.7 Å².